The molecule has 1 saturated heterocycles. The molecule has 0 aliphatic carbocycles. The lowest BCUT2D eigenvalue weighted by Gasteiger charge is -2.13. The van der Waals surface area contributed by atoms with Gasteiger partial charge < -0.3 is 14.8 Å². The summed E-state index contributed by atoms with van der Waals surface area (Å²) in [5, 5.41) is 3.15. The number of halogens is 1. The third-order valence-electron chi connectivity index (χ3n) is 3.11. The van der Waals surface area contributed by atoms with Crippen molar-refractivity contribution in [3.8, 4) is 0 Å². The highest BCUT2D eigenvalue weighted by Crippen LogP contribution is 2.20. The van der Waals surface area contributed by atoms with Gasteiger partial charge in [0.15, 0.2) is 0 Å². The first-order chi connectivity index (χ1) is 8.78. The molecule has 0 spiro atoms. The Balaban J connectivity index is 1.65. The summed E-state index contributed by atoms with van der Waals surface area (Å²) in [6.45, 7) is 2.28. The molecule has 2 atom stereocenters. The molecule has 2 rings (SSSR count). The number of likely N-dealkylation sites (N-methyl/N-ethyl adjacent to an activating group) is 1. The van der Waals surface area contributed by atoms with E-state index in [2.05, 4.69) is 33.4 Å². The molecule has 0 radical (unpaired) electrons. The van der Waals surface area contributed by atoms with E-state index in [0.717, 1.165) is 23.9 Å². The van der Waals surface area contributed by atoms with Crippen molar-refractivity contribution in [2.24, 2.45) is 0 Å². The van der Waals surface area contributed by atoms with E-state index in [0.29, 0.717) is 19.3 Å². The summed E-state index contributed by atoms with van der Waals surface area (Å²) in [5.74, 6) is 0. The van der Waals surface area contributed by atoms with Gasteiger partial charge in [0.2, 0.25) is 0 Å². The van der Waals surface area contributed by atoms with Crippen LogP contribution in [0.2, 0.25) is 0 Å². The first-order valence-corrected chi connectivity index (χ1v) is 7.19. The van der Waals surface area contributed by atoms with Crippen LogP contribution in [-0.4, -0.2) is 32.4 Å². The third-order valence-corrected chi connectivity index (χ3v) is 3.64. The van der Waals surface area contributed by atoms with Gasteiger partial charge in [-0.2, -0.15) is 0 Å². The van der Waals surface area contributed by atoms with Crippen molar-refractivity contribution in [3.05, 3.63) is 34.3 Å². The van der Waals surface area contributed by atoms with Crippen LogP contribution in [-0.2, 0) is 16.1 Å². The Bertz CT molecular complexity index is 355. The van der Waals surface area contributed by atoms with Gasteiger partial charge >= 0.3 is 0 Å². The second-order valence-electron chi connectivity index (χ2n) is 4.66. The lowest BCUT2D eigenvalue weighted by molar-refractivity contribution is -0.0185. The highest BCUT2D eigenvalue weighted by atomic mass is 79.9. The van der Waals surface area contributed by atoms with Gasteiger partial charge in [0.1, 0.15) is 0 Å². The molecular weight excluding hydrogens is 294 g/mol. The van der Waals surface area contributed by atoms with E-state index in [1.807, 2.05) is 19.2 Å². The molecule has 1 aliphatic heterocycles. The average Bonchev–Trinajstić information content (AvgIpc) is 2.80. The largest absolute Gasteiger partial charge is 0.374 e. The summed E-state index contributed by atoms with van der Waals surface area (Å²) in [7, 11) is 1.96. The predicted octanol–water partition coefficient (Wildman–Crippen LogP) is 2.73. The molecule has 100 valence electrons. The molecule has 1 fully saturated rings. The lowest BCUT2D eigenvalue weighted by Crippen LogP contribution is -2.25. The van der Waals surface area contributed by atoms with Crippen LogP contribution in [0.1, 0.15) is 18.4 Å². The molecular formula is C14H20BrNO2. The second kappa shape index (κ2) is 7.24. The average molecular weight is 314 g/mol. The molecule has 1 aromatic rings. The van der Waals surface area contributed by atoms with Crippen LogP contribution in [0.5, 0.6) is 0 Å². The van der Waals surface area contributed by atoms with Crippen LogP contribution >= 0.6 is 15.9 Å². The fourth-order valence-electron chi connectivity index (χ4n) is 2.17. The molecule has 1 N–H and O–H groups in total. The summed E-state index contributed by atoms with van der Waals surface area (Å²) in [5.41, 5.74) is 1.20. The molecule has 0 aromatic heterocycles. The Hall–Kier alpha value is -0.420. The van der Waals surface area contributed by atoms with Gasteiger partial charge in [-0.3, -0.25) is 0 Å². The van der Waals surface area contributed by atoms with Gasteiger partial charge in [-0.1, -0.05) is 28.1 Å². The van der Waals surface area contributed by atoms with Crippen molar-refractivity contribution < 1.29 is 9.47 Å². The maximum Gasteiger partial charge on any atom is 0.0814 e. The van der Waals surface area contributed by atoms with Crippen LogP contribution in [0, 0.1) is 0 Å². The fraction of sp³-hybridized carbons (Fsp3) is 0.571. The Morgan fingerprint density at radius 1 is 1.28 bits per heavy atom. The molecule has 18 heavy (non-hydrogen) atoms. The van der Waals surface area contributed by atoms with Gasteiger partial charge in [0.25, 0.3) is 0 Å². The molecule has 1 aromatic carbocycles. The van der Waals surface area contributed by atoms with Crippen molar-refractivity contribution in [3.63, 3.8) is 0 Å². The van der Waals surface area contributed by atoms with Crippen molar-refractivity contribution in [2.75, 3.05) is 20.2 Å². The van der Waals surface area contributed by atoms with E-state index < -0.39 is 0 Å². The first kappa shape index (κ1) is 14.0. The van der Waals surface area contributed by atoms with Gasteiger partial charge in [0, 0.05) is 11.0 Å². The minimum atomic E-state index is 0.263. The molecule has 1 heterocycles. The zero-order valence-electron chi connectivity index (χ0n) is 10.7. The molecule has 0 bridgehead atoms. The van der Waals surface area contributed by atoms with Crippen molar-refractivity contribution in [2.45, 2.75) is 31.7 Å². The quantitative estimate of drug-likeness (QED) is 0.876. The Morgan fingerprint density at radius 2 is 2.00 bits per heavy atom. The molecule has 1 aliphatic rings. The first-order valence-electron chi connectivity index (χ1n) is 6.40. The smallest absolute Gasteiger partial charge is 0.0814 e. The third kappa shape index (κ3) is 4.35. The van der Waals surface area contributed by atoms with Crippen LogP contribution in [0.25, 0.3) is 0 Å². The zero-order valence-corrected chi connectivity index (χ0v) is 12.3. The standard InChI is InChI=1S/C14H20BrNO2/c1-16-8-13-6-7-14(18-13)10-17-9-11-2-4-12(15)5-3-11/h2-5,13-14,16H,6-10H2,1H3. The number of hydrogen-bond acceptors (Lipinski definition) is 3. The molecule has 4 heteroatoms. The van der Waals surface area contributed by atoms with Crippen LogP contribution in [0.15, 0.2) is 28.7 Å². The van der Waals surface area contributed by atoms with Crippen LogP contribution < -0.4 is 5.32 Å². The predicted molar refractivity (Wildman–Crippen MR) is 75.6 cm³/mol. The van der Waals surface area contributed by atoms with E-state index in [1.165, 1.54) is 5.56 Å². The molecule has 0 saturated carbocycles. The number of benzene rings is 1. The minimum Gasteiger partial charge on any atom is -0.374 e. The Morgan fingerprint density at radius 3 is 2.72 bits per heavy atom. The zero-order chi connectivity index (χ0) is 12.8. The van der Waals surface area contributed by atoms with Crippen LogP contribution in [0.3, 0.4) is 0 Å². The minimum absolute atomic E-state index is 0.263. The van der Waals surface area contributed by atoms with Gasteiger partial charge in [-0.15, -0.1) is 0 Å². The Labute approximate surface area is 117 Å². The Kier molecular flexibility index (Phi) is 5.63. The van der Waals surface area contributed by atoms with Crippen molar-refractivity contribution >= 4 is 15.9 Å². The lowest BCUT2D eigenvalue weighted by atomic mass is 10.2. The monoisotopic (exact) mass is 313 g/mol. The van der Waals surface area contributed by atoms with Gasteiger partial charge in [0.05, 0.1) is 25.4 Å². The molecule has 0 amide bonds. The van der Waals surface area contributed by atoms with E-state index in [1.54, 1.807) is 0 Å². The highest BCUT2D eigenvalue weighted by Gasteiger charge is 2.24. The maximum absolute atomic E-state index is 5.86. The highest BCUT2D eigenvalue weighted by molar-refractivity contribution is 9.10. The summed E-state index contributed by atoms with van der Waals surface area (Å²) < 4.78 is 12.7. The number of hydrogen-bond donors (Lipinski definition) is 1. The van der Waals surface area contributed by atoms with Crippen molar-refractivity contribution in [1.29, 1.82) is 0 Å². The van der Waals surface area contributed by atoms with E-state index >= 15 is 0 Å². The summed E-state index contributed by atoms with van der Waals surface area (Å²) in [4.78, 5) is 0. The van der Waals surface area contributed by atoms with E-state index in [9.17, 15) is 0 Å². The topological polar surface area (TPSA) is 30.5 Å². The normalized spacial score (nSPS) is 23.4. The SMILES string of the molecule is CNCC1CCC(COCc2ccc(Br)cc2)O1. The maximum atomic E-state index is 5.86. The van der Waals surface area contributed by atoms with Gasteiger partial charge in [-0.05, 0) is 37.6 Å². The number of ether oxygens (including phenoxy) is 2. The second-order valence-corrected chi connectivity index (χ2v) is 5.57. The van der Waals surface area contributed by atoms with Crippen LogP contribution in [0.4, 0.5) is 0 Å². The number of nitrogens with one attached hydrogen (secondary N) is 1. The summed E-state index contributed by atoms with van der Waals surface area (Å²) >= 11 is 3.42. The van der Waals surface area contributed by atoms with E-state index in [-0.39, 0.29) is 6.10 Å². The molecule has 2 unspecified atom stereocenters. The molecule has 3 nitrogen and oxygen atoms in total. The summed E-state index contributed by atoms with van der Waals surface area (Å²) in [6.07, 6.45) is 2.86. The fourth-order valence-corrected chi connectivity index (χ4v) is 2.43. The van der Waals surface area contributed by atoms with E-state index in [4.69, 9.17) is 9.47 Å². The van der Waals surface area contributed by atoms with Gasteiger partial charge in [-0.25, -0.2) is 0 Å². The number of rotatable bonds is 6. The van der Waals surface area contributed by atoms with Crippen molar-refractivity contribution in [1.82, 2.24) is 5.32 Å². The summed E-state index contributed by atoms with van der Waals surface area (Å²) in [6, 6.07) is 8.22.